The van der Waals surface area contributed by atoms with E-state index < -0.39 is 10.8 Å². The van der Waals surface area contributed by atoms with Crippen molar-refractivity contribution in [3.05, 3.63) is 46.4 Å². The molecule has 0 fully saturated rings. The normalized spacial score (nSPS) is 10.6. The lowest BCUT2D eigenvalue weighted by Crippen LogP contribution is -2.13. The summed E-state index contributed by atoms with van der Waals surface area (Å²) in [6, 6.07) is 5.54. The van der Waals surface area contributed by atoms with Gasteiger partial charge in [-0.3, -0.25) is 14.9 Å². The zero-order valence-corrected chi connectivity index (χ0v) is 13.8. The maximum atomic E-state index is 12.9. The number of anilines is 1. The number of nitrogens with zero attached hydrogens (tertiary/aromatic N) is 4. The Morgan fingerprint density at radius 3 is 2.80 bits per heavy atom. The van der Waals surface area contributed by atoms with Crippen LogP contribution in [0.25, 0.3) is 11.5 Å². The molecule has 1 aromatic carbocycles. The van der Waals surface area contributed by atoms with E-state index in [2.05, 4.69) is 20.5 Å². The molecule has 0 saturated carbocycles. The van der Waals surface area contributed by atoms with Gasteiger partial charge in [0.25, 0.3) is 5.22 Å². The van der Waals surface area contributed by atoms with Gasteiger partial charge in [0.05, 0.1) is 10.7 Å². The van der Waals surface area contributed by atoms with Gasteiger partial charge in [0.2, 0.25) is 11.8 Å². The molecule has 1 amide bonds. The second-order valence-corrected chi connectivity index (χ2v) is 6.41. The number of nitrogens with one attached hydrogen (secondary N) is 1. The monoisotopic (exact) mass is 381 g/mol. The van der Waals surface area contributed by atoms with Crippen molar-refractivity contribution in [2.24, 2.45) is 0 Å². The lowest BCUT2D eigenvalue weighted by atomic mass is 10.2. The van der Waals surface area contributed by atoms with Gasteiger partial charge in [-0.15, -0.1) is 10.2 Å². The Morgan fingerprint density at radius 1 is 1.36 bits per heavy atom. The smallest absolute Gasteiger partial charge is 0.345 e. The molecule has 0 aliphatic rings. The highest BCUT2D eigenvalue weighted by Gasteiger charge is 2.15. The molecule has 0 aliphatic carbocycles. The number of hydrogen-bond acceptors (Lipinski definition) is 9. The standard InChI is InChI=1S/C13H8FN5O4S2/c14-8-3-1-7(2-4-8)11-17-18-13(23-11)24-6-9(20)16-12-15-5-10(25-12)19(21)22/h1-5H,6H2,(H,15,16,20). The van der Waals surface area contributed by atoms with Gasteiger partial charge in [-0.05, 0) is 35.6 Å². The molecular formula is C13H8FN5O4S2. The fraction of sp³-hybridized carbons (Fsp3) is 0.0769. The highest BCUT2D eigenvalue weighted by Crippen LogP contribution is 2.26. The Morgan fingerprint density at radius 2 is 2.12 bits per heavy atom. The van der Waals surface area contributed by atoms with Crippen molar-refractivity contribution in [3.63, 3.8) is 0 Å². The summed E-state index contributed by atoms with van der Waals surface area (Å²) in [6.07, 6.45) is 1.07. The van der Waals surface area contributed by atoms with Crippen LogP contribution in [-0.4, -0.2) is 31.8 Å². The zero-order chi connectivity index (χ0) is 17.8. The molecule has 2 heterocycles. The van der Waals surface area contributed by atoms with Crippen molar-refractivity contribution in [1.29, 1.82) is 0 Å². The molecule has 0 aliphatic heterocycles. The number of thioether (sulfide) groups is 1. The Hall–Kier alpha value is -2.86. The largest absolute Gasteiger partial charge is 0.411 e. The van der Waals surface area contributed by atoms with Gasteiger partial charge in [-0.1, -0.05) is 11.8 Å². The van der Waals surface area contributed by atoms with Gasteiger partial charge in [0.15, 0.2) is 5.13 Å². The summed E-state index contributed by atoms with van der Waals surface area (Å²) < 4.78 is 18.3. The molecule has 0 radical (unpaired) electrons. The lowest BCUT2D eigenvalue weighted by molar-refractivity contribution is -0.380. The van der Waals surface area contributed by atoms with Crippen LogP contribution in [0, 0.1) is 15.9 Å². The summed E-state index contributed by atoms with van der Waals surface area (Å²) in [5.41, 5.74) is 0.556. The first-order chi connectivity index (χ1) is 12.0. The predicted octanol–water partition coefficient (Wildman–Crippen LogP) is 2.97. The first kappa shape index (κ1) is 17.0. The Labute approximate surface area is 147 Å². The van der Waals surface area contributed by atoms with E-state index in [9.17, 15) is 19.3 Å². The van der Waals surface area contributed by atoms with Crippen LogP contribution in [0.4, 0.5) is 14.5 Å². The maximum absolute atomic E-state index is 12.9. The fourth-order valence-corrected chi connectivity index (χ4v) is 2.88. The number of aromatic nitrogens is 3. The number of amides is 1. The summed E-state index contributed by atoms with van der Waals surface area (Å²) in [6.45, 7) is 0. The SMILES string of the molecule is O=C(CSc1nnc(-c2ccc(F)cc2)o1)Nc1ncc([N+](=O)[O-])s1. The Balaban J connectivity index is 1.55. The summed E-state index contributed by atoms with van der Waals surface area (Å²) >= 11 is 1.76. The van der Waals surface area contributed by atoms with E-state index in [1.54, 1.807) is 0 Å². The van der Waals surface area contributed by atoms with Crippen molar-refractivity contribution in [1.82, 2.24) is 15.2 Å². The molecule has 3 rings (SSSR count). The number of carbonyl (C=O) groups excluding carboxylic acids is 1. The topological polar surface area (TPSA) is 124 Å². The van der Waals surface area contributed by atoms with Crippen LogP contribution in [0.3, 0.4) is 0 Å². The molecule has 3 aromatic rings. The van der Waals surface area contributed by atoms with Crippen molar-refractivity contribution < 1.29 is 18.5 Å². The average molecular weight is 381 g/mol. The molecule has 0 saturated heterocycles. The van der Waals surface area contributed by atoms with Crippen LogP contribution >= 0.6 is 23.1 Å². The van der Waals surface area contributed by atoms with E-state index >= 15 is 0 Å². The first-order valence-electron chi connectivity index (χ1n) is 6.63. The number of benzene rings is 1. The molecule has 0 unspecified atom stereocenters. The van der Waals surface area contributed by atoms with Crippen LogP contribution in [0.1, 0.15) is 0 Å². The second kappa shape index (κ2) is 7.36. The van der Waals surface area contributed by atoms with Crippen LogP contribution in [0.2, 0.25) is 0 Å². The maximum Gasteiger partial charge on any atom is 0.345 e. The van der Waals surface area contributed by atoms with Crippen molar-refractivity contribution >= 4 is 39.1 Å². The molecule has 0 atom stereocenters. The zero-order valence-electron chi connectivity index (χ0n) is 12.2. The molecule has 0 bridgehead atoms. The number of thiazole rings is 1. The average Bonchev–Trinajstić information content (AvgIpc) is 3.23. The van der Waals surface area contributed by atoms with Gasteiger partial charge in [0.1, 0.15) is 12.0 Å². The summed E-state index contributed by atoms with van der Waals surface area (Å²) in [5, 5.41) is 20.8. The van der Waals surface area contributed by atoms with Crippen LogP contribution < -0.4 is 5.32 Å². The van der Waals surface area contributed by atoms with Crippen molar-refractivity contribution in [2.75, 3.05) is 11.1 Å². The fourth-order valence-electron chi connectivity index (χ4n) is 1.67. The van der Waals surface area contributed by atoms with E-state index in [1.807, 2.05) is 0 Å². The lowest BCUT2D eigenvalue weighted by Gasteiger charge is -1.98. The summed E-state index contributed by atoms with van der Waals surface area (Å²) in [4.78, 5) is 25.5. The summed E-state index contributed by atoms with van der Waals surface area (Å²) in [7, 11) is 0. The van der Waals surface area contributed by atoms with E-state index in [4.69, 9.17) is 4.42 Å². The number of hydrogen-bond donors (Lipinski definition) is 1. The first-order valence-corrected chi connectivity index (χ1v) is 8.44. The third kappa shape index (κ3) is 4.36. The number of nitro groups is 1. The molecule has 9 nitrogen and oxygen atoms in total. The minimum Gasteiger partial charge on any atom is -0.411 e. The third-order valence-electron chi connectivity index (χ3n) is 2.74. The highest BCUT2D eigenvalue weighted by molar-refractivity contribution is 7.99. The van der Waals surface area contributed by atoms with Gasteiger partial charge in [-0.2, -0.15) is 0 Å². The molecular weight excluding hydrogens is 373 g/mol. The van der Waals surface area contributed by atoms with E-state index in [0.29, 0.717) is 5.56 Å². The van der Waals surface area contributed by atoms with Gasteiger partial charge >= 0.3 is 5.00 Å². The quantitative estimate of drug-likeness (QED) is 0.392. The summed E-state index contributed by atoms with van der Waals surface area (Å²) in [5.74, 6) is -0.635. The number of carbonyl (C=O) groups is 1. The van der Waals surface area contributed by atoms with Crippen molar-refractivity contribution in [3.8, 4) is 11.5 Å². The molecule has 2 aromatic heterocycles. The number of rotatable bonds is 6. The molecule has 1 N–H and O–H groups in total. The van der Waals surface area contributed by atoms with Crippen molar-refractivity contribution in [2.45, 2.75) is 5.22 Å². The van der Waals surface area contributed by atoms with Crippen LogP contribution in [-0.2, 0) is 4.79 Å². The van der Waals surface area contributed by atoms with Gasteiger partial charge < -0.3 is 9.73 Å². The van der Waals surface area contributed by atoms with E-state index in [-0.39, 0.29) is 32.8 Å². The van der Waals surface area contributed by atoms with E-state index in [1.165, 1.54) is 24.3 Å². The predicted molar refractivity (Wildman–Crippen MR) is 87.8 cm³/mol. The minimum atomic E-state index is -0.586. The third-order valence-corrected chi connectivity index (χ3v) is 4.43. The molecule has 25 heavy (non-hydrogen) atoms. The highest BCUT2D eigenvalue weighted by atomic mass is 32.2. The van der Waals surface area contributed by atoms with Crippen LogP contribution in [0.5, 0.6) is 0 Å². The Kier molecular flexibility index (Phi) is 5.00. The Bertz CT molecular complexity index is 911. The van der Waals surface area contributed by atoms with Crippen LogP contribution in [0.15, 0.2) is 40.1 Å². The molecule has 128 valence electrons. The minimum absolute atomic E-state index is 0.0432. The van der Waals surface area contributed by atoms with E-state index in [0.717, 1.165) is 29.3 Å². The second-order valence-electron chi connectivity index (χ2n) is 4.48. The molecule has 12 heteroatoms. The molecule has 0 spiro atoms. The van der Waals surface area contributed by atoms with Gasteiger partial charge in [-0.25, -0.2) is 9.37 Å². The number of halogens is 1. The van der Waals surface area contributed by atoms with Gasteiger partial charge in [0, 0.05) is 5.56 Å².